The summed E-state index contributed by atoms with van der Waals surface area (Å²) in [6.45, 7) is 0.468. The Bertz CT molecular complexity index is 519. The monoisotopic (exact) mass is 249 g/mol. The number of hydrogen-bond donors (Lipinski definition) is 1. The van der Waals surface area contributed by atoms with E-state index < -0.39 is 0 Å². The largest absolute Gasteiger partial charge is 0.348 e. The van der Waals surface area contributed by atoms with Crippen molar-refractivity contribution in [3.8, 4) is 0 Å². The highest BCUT2D eigenvalue weighted by Gasteiger charge is 2.05. The van der Waals surface area contributed by atoms with E-state index in [1.165, 1.54) is 0 Å². The maximum atomic E-state index is 11.8. The van der Waals surface area contributed by atoms with Crippen LogP contribution < -0.4 is 5.32 Å². The molecule has 1 amide bonds. The molecule has 0 atom stereocenters. The summed E-state index contributed by atoms with van der Waals surface area (Å²) in [5.74, 6) is -0.120. The van der Waals surface area contributed by atoms with Gasteiger partial charge in [-0.1, -0.05) is 11.6 Å². The molecule has 0 bridgehead atoms. The molecule has 0 aliphatic carbocycles. The fraction of sp³-hybridized carbons (Fsp3) is 0.167. The van der Waals surface area contributed by atoms with Crippen LogP contribution in [0.5, 0.6) is 0 Å². The van der Waals surface area contributed by atoms with Gasteiger partial charge in [0.15, 0.2) is 0 Å². The molecule has 17 heavy (non-hydrogen) atoms. The minimum Gasteiger partial charge on any atom is -0.348 e. The molecule has 0 fully saturated rings. The number of aryl methyl sites for hydroxylation is 1. The van der Waals surface area contributed by atoms with Crippen LogP contribution in [0.4, 0.5) is 0 Å². The molecule has 0 unspecified atom stereocenters. The highest BCUT2D eigenvalue weighted by atomic mass is 35.5. The van der Waals surface area contributed by atoms with Gasteiger partial charge in [-0.3, -0.25) is 9.48 Å². The maximum absolute atomic E-state index is 11.8. The summed E-state index contributed by atoms with van der Waals surface area (Å²) in [5, 5.41) is 7.46. The van der Waals surface area contributed by atoms with Crippen molar-refractivity contribution in [2.75, 3.05) is 0 Å². The Kier molecular flexibility index (Phi) is 3.44. The van der Waals surface area contributed by atoms with Gasteiger partial charge in [0.1, 0.15) is 0 Å². The van der Waals surface area contributed by atoms with Crippen LogP contribution in [0.3, 0.4) is 0 Å². The molecule has 0 aliphatic heterocycles. The van der Waals surface area contributed by atoms with Crippen LogP contribution in [0, 0.1) is 0 Å². The van der Waals surface area contributed by atoms with Crippen molar-refractivity contribution in [3.63, 3.8) is 0 Å². The molecule has 1 aromatic carbocycles. The summed E-state index contributed by atoms with van der Waals surface area (Å²) in [4.78, 5) is 11.8. The molecule has 2 rings (SSSR count). The Labute approximate surface area is 104 Å². The number of carbonyl (C=O) groups excluding carboxylic acids is 1. The van der Waals surface area contributed by atoms with E-state index in [-0.39, 0.29) is 5.91 Å². The van der Waals surface area contributed by atoms with E-state index in [0.717, 1.165) is 5.56 Å². The Hall–Kier alpha value is -1.81. The maximum Gasteiger partial charge on any atom is 0.251 e. The first-order valence-electron chi connectivity index (χ1n) is 5.16. The molecule has 1 heterocycles. The van der Waals surface area contributed by atoms with E-state index >= 15 is 0 Å². The number of carbonyl (C=O) groups is 1. The van der Waals surface area contributed by atoms with Crippen molar-refractivity contribution in [2.45, 2.75) is 6.54 Å². The zero-order chi connectivity index (χ0) is 12.3. The second kappa shape index (κ2) is 5.01. The molecular weight excluding hydrogens is 238 g/mol. The lowest BCUT2D eigenvalue weighted by Gasteiger charge is -2.03. The molecule has 0 aliphatic rings. The lowest BCUT2D eigenvalue weighted by atomic mass is 10.2. The summed E-state index contributed by atoms with van der Waals surface area (Å²) >= 11 is 5.75. The number of amides is 1. The lowest BCUT2D eigenvalue weighted by Crippen LogP contribution is -2.22. The predicted octanol–water partition coefficient (Wildman–Crippen LogP) is 2.00. The average molecular weight is 250 g/mol. The van der Waals surface area contributed by atoms with Crippen LogP contribution in [0.2, 0.25) is 5.02 Å². The van der Waals surface area contributed by atoms with Crippen molar-refractivity contribution in [1.82, 2.24) is 15.1 Å². The Morgan fingerprint density at radius 3 is 2.71 bits per heavy atom. The third-order valence-corrected chi connectivity index (χ3v) is 2.57. The summed E-state index contributed by atoms with van der Waals surface area (Å²) < 4.78 is 1.70. The molecule has 0 radical (unpaired) electrons. The van der Waals surface area contributed by atoms with Gasteiger partial charge in [-0.15, -0.1) is 0 Å². The number of hydrogen-bond acceptors (Lipinski definition) is 2. The molecule has 4 nitrogen and oxygen atoms in total. The van der Waals surface area contributed by atoms with Gasteiger partial charge < -0.3 is 5.32 Å². The van der Waals surface area contributed by atoms with E-state index in [2.05, 4.69) is 10.4 Å². The lowest BCUT2D eigenvalue weighted by molar-refractivity contribution is 0.0951. The van der Waals surface area contributed by atoms with Crippen molar-refractivity contribution in [1.29, 1.82) is 0 Å². The highest BCUT2D eigenvalue weighted by Crippen LogP contribution is 2.09. The summed E-state index contributed by atoms with van der Waals surface area (Å²) in [5.41, 5.74) is 1.56. The van der Waals surface area contributed by atoms with Gasteiger partial charge in [-0.25, -0.2) is 0 Å². The number of aromatic nitrogens is 2. The van der Waals surface area contributed by atoms with Gasteiger partial charge in [0.25, 0.3) is 5.91 Å². The Balaban J connectivity index is 1.95. The van der Waals surface area contributed by atoms with Crippen molar-refractivity contribution in [3.05, 3.63) is 52.8 Å². The minimum absolute atomic E-state index is 0.120. The van der Waals surface area contributed by atoms with Crippen LogP contribution in [0.25, 0.3) is 0 Å². The molecule has 5 heteroatoms. The summed E-state index contributed by atoms with van der Waals surface area (Å²) in [6, 6.07) is 6.78. The number of nitrogens with zero attached hydrogens (tertiary/aromatic N) is 2. The molecule has 0 saturated carbocycles. The van der Waals surface area contributed by atoms with E-state index in [9.17, 15) is 4.79 Å². The number of nitrogens with one attached hydrogen (secondary N) is 1. The standard InChI is InChI=1S/C12H12ClN3O/c1-16-8-9(7-15-16)6-14-12(17)10-2-4-11(13)5-3-10/h2-5,7-8H,6H2,1H3,(H,14,17). The van der Waals surface area contributed by atoms with Gasteiger partial charge >= 0.3 is 0 Å². The first-order valence-corrected chi connectivity index (χ1v) is 5.54. The van der Waals surface area contributed by atoms with Crippen LogP contribution in [-0.4, -0.2) is 15.7 Å². The number of benzene rings is 1. The summed E-state index contributed by atoms with van der Waals surface area (Å²) in [6.07, 6.45) is 3.59. The van der Waals surface area contributed by atoms with E-state index in [4.69, 9.17) is 11.6 Å². The van der Waals surface area contributed by atoms with Gasteiger partial charge in [-0.2, -0.15) is 5.10 Å². The molecule has 1 N–H and O–H groups in total. The first-order chi connectivity index (χ1) is 8.15. The second-order valence-corrected chi connectivity index (χ2v) is 4.15. The molecule has 88 valence electrons. The molecule has 1 aromatic heterocycles. The minimum atomic E-state index is -0.120. The van der Waals surface area contributed by atoms with E-state index in [1.54, 1.807) is 35.1 Å². The zero-order valence-corrected chi connectivity index (χ0v) is 10.1. The van der Waals surface area contributed by atoms with Crippen molar-refractivity contribution in [2.24, 2.45) is 7.05 Å². The average Bonchev–Trinajstić information content (AvgIpc) is 2.73. The summed E-state index contributed by atoms with van der Waals surface area (Å²) in [7, 11) is 1.84. The van der Waals surface area contributed by atoms with Crippen molar-refractivity contribution >= 4 is 17.5 Å². The molecule has 2 aromatic rings. The van der Waals surface area contributed by atoms with Crippen LogP contribution in [0.1, 0.15) is 15.9 Å². The Morgan fingerprint density at radius 1 is 1.41 bits per heavy atom. The Morgan fingerprint density at radius 2 is 2.12 bits per heavy atom. The SMILES string of the molecule is Cn1cc(CNC(=O)c2ccc(Cl)cc2)cn1. The van der Waals surface area contributed by atoms with E-state index in [1.807, 2.05) is 13.2 Å². The fourth-order valence-electron chi connectivity index (χ4n) is 1.45. The van der Waals surface area contributed by atoms with Gasteiger partial charge in [0.2, 0.25) is 0 Å². The van der Waals surface area contributed by atoms with Crippen LogP contribution >= 0.6 is 11.6 Å². The molecular formula is C12H12ClN3O. The zero-order valence-electron chi connectivity index (χ0n) is 9.35. The number of halogens is 1. The van der Waals surface area contributed by atoms with Gasteiger partial charge in [0, 0.05) is 35.9 Å². The molecule has 0 saturated heterocycles. The van der Waals surface area contributed by atoms with Crippen LogP contribution in [0.15, 0.2) is 36.7 Å². The highest BCUT2D eigenvalue weighted by molar-refractivity contribution is 6.30. The van der Waals surface area contributed by atoms with Crippen molar-refractivity contribution < 1.29 is 4.79 Å². The third kappa shape index (κ3) is 3.07. The van der Waals surface area contributed by atoms with E-state index in [0.29, 0.717) is 17.1 Å². The predicted molar refractivity (Wildman–Crippen MR) is 65.8 cm³/mol. The topological polar surface area (TPSA) is 46.9 Å². The third-order valence-electron chi connectivity index (χ3n) is 2.32. The fourth-order valence-corrected chi connectivity index (χ4v) is 1.57. The first kappa shape index (κ1) is 11.7. The van der Waals surface area contributed by atoms with Gasteiger partial charge in [-0.05, 0) is 24.3 Å². The van der Waals surface area contributed by atoms with Crippen LogP contribution in [-0.2, 0) is 13.6 Å². The quantitative estimate of drug-likeness (QED) is 0.905. The normalized spacial score (nSPS) is 10.2. The van der Waals surface area contributed by atoms with Gasteiger partial charge in [0.05, 0.1) is 6.20 Å². The number of rotatable bonds is 3. The second-order valence-electron chi connectivity index (χ2n) is 3.71. The smallest absolute Gasteiger partial charge is 0.251 e. The molecule has 0 spiro atoms.